The van der Waals surface area contributed by atoms with E-state index in [-0.39, 0.29) is 5.82 Å². The molecule has 0 spiro atoms. The number of benzene rings is 1. The summed E-state index contributed by atoms with van der Waals surface area (Å²) in [6.45, 7) is 0.469. The second-order valence-corrected chi connectivity index (χ2v) is 2.99. The fourth-order valence-electron chi connectivity index (χ4n) is 0.968. The predicted octanol–water partition coefficient (Wildman–Crippen LogP) is 2.27. The first-order valence-electron chi connectivity index (χ1n) is 3.44. The standard InChI is InChI=1S/C8H9FINO/c1-12-8-4-2-3-7(9)6(8)5-11-10/h2-4,11H,5H2,1H3. The lowest BCUT2D eigenvalue weighted by molar-refractivity contribution is 0.404. The van der Waals surface area contributed by atoms with Crippen LogP contribution in [-0.4, -0.2) is 7.11 Å². The van der Waals surface area contributed by atoms with Gasteiger partial charge >= 0.3 is 0 Å². The van der Waals surface area contributed by atoms with Crippen LogP contribution >= 0.6 is 22.9 Å². The molecule has 0 saturated carbocycles. The van der Waals surface area contributed by atoms with Crippen molar-refractivity contribution in [3.8, 4) is 5.75 Å². The van der Waals surface area contributed by atoms with Gasteiger partial charge < -0.3 is 4.74 Å². The van der Waals surface area contributed by atoms with Crippen molar-refractivity contribution in [2.75, 3.05) is 7.11 Å². The number of methoxy groups -OCH3 is 1. The van der Waals surface area contributed by atoms with Crippen molar-refractivity contribution in [3.63, 3.8) is 0 Å². The van der Waals surface area contributed by atoms with E-state index in [4.69, 9.17) is 4.74 Å². The van der Waals surface area contributed by atoms with Gasteiger partial charge in [-0.05, 0) is 12.1 Å². The van der Waals surface area contributed by atoms with E-state index in [1.54, 1.807) is 12.1 Å². The Bertz CT molecular complexity index is 267. The van der Waals surface area contributed by atoms with Gasteiger partial charge in [-0.2, -0.15) is 0 Å². The van der Waals surface area contributed by atoms with E-state index in [2.05, 4.69) is 3.53 Å². The molecule has 0 saturated heterocycles. The summed E-state index contributed by atoms with van der Waals surface area (Å²) in [6, 6.07) is 4.79. The molecule has 0 radical (unpaired) electrons. The third-order valence-electron chi connectivity index (χ3n) is 1.54. The summed E-state index contributed by atoms with van der Waals surface area (Å²) < 4.78 is 20.9. The Labute approximate surface area is 84.6 Å². The number of hydrogen-bond donors (Lipinski definition) is 1. The van der Waals surface area contributed by atoms with Gasteiger partial charge in [0.2, 0.25) is 0 Å². The molecule has 4 heteroatoms. The molecule has 1 N–H and O–H groups in total. The molecule has 0 aliphatic rings. The molecule has 1 aromatic carbocycles. The molecular formula is C8H9FINO. The average Bonchev–Trinajstić information content (AvgIpc) is 2.09. The third-order valence-corrected chi connectivity index (χ3v) is 1.92. The lowest BCUT2D eigenvalue weighted by atomic mass is 10.2. The zero-order chi connectivity index (χ0) is 8.97. The number of halogens is 2. The van der Waals surface area contributed by atoms with Crippen molar-refractivity contribution in [3.05, 3.63) is 29.6 Å². The summed E-state index contributed by atoms with van der Waals surface area (Å²) in [6.07, 6.45) is 0. The van der Waals surface area contributed by atoms with Crippen LogP contribution in [0, 0.1) is 5.82 Å². The molecule has 0 heterocycles. The Morgan fingerprint density at radius 1 is 1.58 bits per heavy atom. The molecule has 0 fully saturated rings. The summed E-state index contributed by atoms with van der Waals surface area (Å²) in [5.74, 6) is 0.345. The molecule has 0 aromatic heterocycles. The van der Waals surface area contributed by atoms with Crippen LogP contribution < -0.4 is 8.27 Å². The van der Waals surface area contributed by atoms with E-state index in [9.17, 15) is 4.39 Å². The highest BCUT2D eigenvalue weighted by molar-refractivity contribution is 14.1. The smallest absolute Gasteiger partial charge is 0.131 e. The van der Waals surface area contributed by atoms with E-state index >= 15 is 0 Å². The Hall–Kier alpha value is -0.360. The second kappa shape index (κ2) is 4.61. The summed E-state index contributed by atoms with van der Waals surface area (Å²) in [5, 5.41) is 0. The minimum atomic E-state index is -0.237. The molecule has 1 rings (SSSR count). The Morgan fingerprint density at radius 2 is 2.33 bits per heavy atom. The first kappa shape index (κ1) is 9.73. The lowest BCUT2D eigenvalue weighted by Gasteiger charge is -2.07. The molecule has 0 aliphatic carbocycles. The van der Waals surface area contributed by atoms with Crippen molar-refractivity contribution >= 4 is 22.9 Å². The van der Waals surface area contributed by atoms with Crippen LogP contribution in [0.25, 0.3) is 0 Å². The molecule has 0 atom stereocenters. The van der Waals surface area contributed by atoms with Gasteiger partial charge in [0.1, 0.15) is 11.6 Å². The van der Waals surface area contributed by atoms with Crippen LogP contribution in [0.15, 0.2) is 18.2 Å². The first-order valence-corrected chi connectivity index (χ1v) is 4.52. The zero-order valence-electron chi connectivity index (χ0n) is 6.60. The van der Waals surface area contributed by atoms with Crippen molar-refractivity contribution < 1.29 is 9.13 Å². The Balaban J connectivity index is 3.02. The van der Waals surface area contributed by atoms with E-state index in [1.165, 1.54) is 13.2 Å². The van der Waals surface area contributed by atoms with Gasteiger partial charge in [0.25, 0.3) is 0 Å². The van der Waals surface area contributed by atoms with E-state index < -0.39 is 0 Å². The molecule has 0 bridgehead atoms. The summed E-state index contributed by atoms with van der Waals surface area (Å²) in [4.78, 5) is 0. The summed E-state index contributed by atoms with van der Waals surface area (Å²) >= 11 is 1.97. The Kier molecular flexibility index (Phi) is 3.74. The number of nitrogens with one attached hydrogen (secondary N) is 1. The van der Waals surface area contributed by atoms with Crippen molar-refractivity contribution in [1.29, 1.82) is 0 Å². The highest BCUT2D eigenvalue weighted by Crippen LogP contribution is 2.20. The van der Waals surface area contributed by atoms with Crippen LogP contribution in [0.5, 0.6) is 5.75 Å². The van der Waals surface area contributed by atoms with Gasteiger partial charge in [-0.15, -0.1) is 0 Å². The minimum Gasteiger partial charge on any atom is -0.496 e. The highest BCUT2D eigenvalue weighted by Gasteiger charge is 2.06. The monoisotopic (exact) mass is 281 g/mol. The maximum Gasteiger partial charge on any atom is 0.131 e. The molecular weight excluding hydrogens is 272 g/mol. The van der Waals surface area contributed by atoms with Crippen LogP contribution in [0.2, 0.25) is 0 Å². The SMILES string of the molecule is COc1cccc(F)c1CNI. The second-order valence-electron chi connectivity index (χ2n) is 2.23. The quantitative estimate of drug-likeness (QED) is 0.678. The Morgan fingerprint density at radius 3 is 2.92 bits per heavy atom. The first-order chi connectivity index (χ1) is 5.79. The lowest BCUT2D eigenvalue weighted by Crippen LogP contribution is -2.03. The van der Waals surface area contributed by atoms with Crippen LogP contribution in [-0.2, 0) is 6.54 Å². The van der Waals surface area contributed by atoms with E-state index in [0.29, 0.717) is 17.9 Å². The van der Waals surface area contributed by atoms with E-state index in [0.717, 1.165) is 0 Å². The number of ether oxygens (including phenoxy) is 1. The van der Waals surface area contributed by atoms with Crippen molar-refractivity contribution in [2.24, 2.45) is 0 Å². The summed E-state index contributed by atoms with van der Waals surface area (Å²) in [7, 11) is 1.53. The molecule has 12 heavy (non-hydrogen) atoms. The van der Waals surface area contributed by atoms with Crippen LogP contribution in [0.4, 0.5) is 4.39 Å². The van der Waals surface area contributed by atoms with Gasteiger partial charge in [0, 0.05) is 35.0 Å². The summed E-state index contributed by atoms with van der Waals surface area (Å²) in [5.41, 5.74) is 0.564. The fraction of sp³-hybridized carbons (Fsp3) is 0.250. The zero-order valence-corrected chi connectivity index (χ0v) is 8.76. The fourth-order valence-corrected chi connectivity index (χ4v) is 1.35. The van der Waals surface area contributed by atoms with Gasteiger partial charge in [-0.3, -0.25) is 3.53 Å². The third kappa shape index (κ3) is 2.07. The molecule has 66 valence electrons. The normalized spacial score (nSPS) is 9.92. The van der Waals surface area contributed by atoms with Gasteiger partial charge in [0.15, 0.2) is 0 Å². The van der Waals surface area contributed by atoms with Gasteiger partial charge in [0.05, 0.1) is 7.11 Å². The maximum absolute atomic E-state index is 13.1. The highest BCUT2D eigenvalue weighted by atomic mass is 127. The van der Waals surface area contributed by atoms with E-state index in [1.807, 2.05) is 22.9 Å². The number of rotatable bonds is 3. The topological polar surface area (TPSA) is 21.3 Å². The molecule has 1 aromatic rings. The van der Waals surface area contributed by atoms with Gasteiger partial charge in [-0.25, -0.2) is 4.39 Å². The van der Waals surface area contributed by atoms with Crippen LogP contribution in [0.1, 0.15) is 5.56 Å². The predicted molar refractivity (Wildman–Crippen MR) is 53.8 cm³/mol. The maximum atomic E-state index is 13.1. The molecule has 2 nitrogen and oxygen atoms in total. The molecule has 0 aliphatic heterocycles. The largest absolute Gasteiger partial charge is 0.496 e. The van der Waals surface area contributed by atoms with Crippen LogP contribution in [0.3, 0.4) is 0 Å². The molecule has 0 unspecified atom stereocenters. The minimum absolute atomic E-state index is 0.237. The average molecular weight is 281 g/mol. The van der Waals surface area contributed by atoms with Crippen molar-refractivity contribution in [2.45, 2.75) is 6.54 Å². The van der Waals surface area contributed by atoms with Gasteiger partial charge in [-0.1, -0.05) is 6.07 Å². The van der Waals surface area contributed by atoms with Crippen molar-refractivity contribution in [1.82, 2.24) is 3.53 Å². The number of hydrogen-bond acceptors (Lipinski definition) is 2. The molecule has 0 amide bonds.